The summed E-state index contributed by atoms with van der Waals surface area (Å²) in [7, 11) is 0. The molecule has 1 aromatic rings. The maximum Gasteiger partial charge on any atom is 0.325 e. The fraction of sp³-hybridized carbons (Fsp3) is 0.500. The lowest BCUT2D eigenvalue weighted by atomic mass is 9.88. The van der Waals surface area contributed by atoms with Crippen molar-refractivity contribution in [3.8, 4) is 0 Å². The molecule has 0 bridgehead atoms. The van der Waals surface area contributed by atoms with Crippen molar-refractivity contribution in [3.05, 3.63) is 35.4 Å². The molecule has 4 amide bonds. The van der Waals surface area contributed by atoms with Gasteiger partial charge in [0.2, 0.25) is 5.91 Å². The third kappa shape index (κ3) is 2.88. The van der Waals surface area contributed by atoms with E-state index in [2.05, 4.69) is 16.7 Å². The minimum atomic E-state index is -0.908. The zero-order valence-corrected chi connectivity index (χ0v) is 14.1. The third-order valence-electron chi connectivity index (χ3n) is 5.06. The summed E-state index contributed by atoms with van der Waals surface area (Å²) in [5.41, 5.74) is 1.48. The summed E-state index contributed by atoms with van der Waals surface area (Å²) in [5, 5.41) is 5.64. The Labute approximate surface area is 141 Å². The second kappa shape index (κ2) is 6.26. The molecular weight excluding hydrogens is 306 g/mol. The maximum absolute atomic E-state index is 12.4. The van der Waals surface area contributed by atoms with Crippen molar-refractivity contribution in [1.82, 2.24) is 15.5 Å². The molecule has 1 aliphatic heterocycles. The van der Waals surface area contributed by atoms with Gasteiger partial charge in [-0.2, -0.15) is 0 Å². The maximum atomic E-state index is 12.4. The van der Waals surface area contributed by atoms with Crippen LogP contribution in [0.3, 0.4) is 0 Å². The molecule has 0 spiro atoms. The van der Waals surface area contributed by atoms with E-state index in [0.29, 0.717) is 6.42 Å². The second-order valence-electron chi connectivity index (χ2n) is 6.72. The smallest absolute Gasteiger partial charge is 0.325 e. The summed E-state index contributed by atoms with van der Waals surface area (Å²) >= 11 is 0. The van der Waals surface area contributed by atoms with E-state index >= 15 is 0 Å². The summed E-state index contributed by atoms with van der Waals surface area (Å²) < 4.78 is 0. The number of nitrogens with zero attached hydrogens (tertiary/aromatic N) is 1. The Hall–Kier alpha value is -2.37. The molecular formula is C18H23N3O3. The van der Waals surface area contributed by atoms with Crippen molar-refractivity contribution in [2.45, 2.75) is 51.1 Å². The molecule has 1 heterocycles. The number of hydrogen-bond acceptors (Lipinski definition) is 3. The summed E-state index contributed by atoms with van der Waals surface area (Å²) in [6, 6.07) is 7.53. The minimum Gasteiger partial charge on any atom is -0.348 e. The SMILES string of the molecule is CC[C@]1(C)NC(=O)N(CC(=O)N[C@H]2CCCc3ccccc32)C1=O. The number of hydrogen-bond donors (Lipinski definition) is 2. The number of aryl methyl sites for hydroxylation is 1. The van der Waals surface area contributed by atoms with Gasteiger partial charge in [-0.25, -0.2) is 4.79 Å². The lowest BCUT2D eigenvalue weighted by Crippen LogP contribution is -2.45. The van der Waals surface area contributed by atoms with Crippen molar-refractivity contribution in [2.75, 3.05) is 6.54 Å². The number of carbonyl (C=O) groups excluding carboxylic acids is 3. The van der Waals surface area contributed by atoms with E-state index in [1.165, 1.54) is 5.56 Å². The number of nitrogens with one attached hydrogen (secondary N) is 2. The van der Waals surface area contributed by atoms with Gasteiger partial charge in [-0.1, -0.05) is 31.2 Å². The number of imide groups is 1. The minimum absolute atomic E-state index is 0.0548. The van der Waals surface area contributed by atoms with Crippen LogP contribution < -0.4 is 10.6 Å². The first-order valence-corrected chi connectivity index (χ1v) is 8.46. The molecule has 1 aromatic carbocycles. The third-order valence-corrected chi connectivity index (χ3v) is 5.06. The van der Waals surface area contributed by atoms with Crippen LogP contribution in [0.25, 0.3) is 0 Å². The van der Waals surface area contributed by atoms with E-state index in [1.807, 2.05) is 25.1 Å². The zero-order chi connectivity index (χ0) is 17.3. The molecule has 0 radical (unpaired) electrons. The van der Waals surface area contributed by atoms with Crippen LogP contribution in [-0.2, 0) is 16.0 Å². The highest BCUT2D eigenvalue weighted by atomic mass is 16.2. The first kappa shape index (κ1) is 16.5. The standard InChI is InChI=1S/C18H23N3O3/c1-3-18(2)16(23)21(17(24)20-18)11-15(22)19-14-10-6-8-12-7-4-5-9-13(12)14/h4-5,7,9,14H,3,6,8,10-11H2,1-2H3,(H,19,22)(H,20,24)/t14-,18-/m0/s1. The summed E-state index contributed by atoms with van der Waals surface area (Å²) in [6.07, 6.45) is 3.39. The molecule has 0 unspecified atom stereocenters. The molecule has 128 valence electrons. The number of urea groups is 1. The monoisotopic (exact) mass is 329 g/mol. The van der Waals surface area contributed by atoms with E-state index < -0.39 is 11.6 Å². The number of amides is 4. The van der Waals surface area contributed by atoms with E-state index in [9.17, 15) is 14.4 Å². The highest BCUT2D eigenvalue weighted by molar-refractivity contribution is 6.08. The molecule has 2 N–H and O–H groups in total. The van der Waals surface area contributed by atoms with Gasteiger partial charge in [-0.3, -0.25) is 14.5 Å². The van der Waals surface area contributed by atoms with Crippen molar-refractivity contribution in [1.29, 1.82) is 0 Å². The quantitative estimate of drug-likeness (QED) is 0.828. The van der Waals surface area contributed by atoms with Crippen LogP contribution in [-0.4, -0.2) is 34.8 Å². The first-order chi connectivity index (χ1) is 11.4. The van der Waals surface area contributed by atoms with Gasteiger partial charge in [0.15, 0.2) is 0 Å². The van der Waals surface area contributed by atoms with Crippen LogP contribution in [0.15, 0.2) is 24.3 Å². The predicted molar refractivity (Wildman–Crippen MR) is 89.2 cm³/mol. The van der Waals surface area contributed by atoms with Gasteiger partial charge in [-0.05, 0) is 43.7 Å². The van der Waals surface area contributed by atoms with Crippen LogP contribution in [0.2, 0.25) is 0 Å². The molecule has 0 aromatic heterocycles. The Bertz CT molecular complexity index is 688. The summed E-state index contributed by atoms with van der Waals surface area (Å²) in [6.45, 7) is 3.28. The second-order valence-corrected chi connectivity index (χ2v) is 6.72. The fourth-order valence-electron chi connectivity index (χ4n) is 3.42. The van der Waals surface area contributed by atoms with E-state index in [-0.39, 0.29) is 24.4 Å². The van der Waals surface area contributed by atoms with E-state index in [1.54, 1.807) is 6.92 Å². The molecule has 1 fully saturated rings. The van der Waals surface area contributed by atoms with Crippen LogP contribution in [0.5, 0.6) is 0 Å². The largest absolute Gasteiger partial charge is 0.348 e. The molecule has 6 heteroatoms. The van der Waals surface area contributed by atoms with Gasteiger partial charge < -0.3 is 10.6 Å². The topological polar surface area (TPSA) is 78.5 Å². The Kier molecular flexibility index (Phi) is 4.30. The van der Waals surface area contributed by atoms with Crippen molar-refractivity contribution >= 4 is 17.8 Å². The Morgan fingerprint density at radius 3 is 2.83 bits per heavy atom. The lowest BCUT2D eigenvalue weighted by Gasteiger charge is -2.27. The molecule has 3 rings (SSSR count). The fourth-order valence-corrected chi connectivity index (χ4v) is 3.42. The molecule has 6 nitrogen and oxygen atoms in total. The summed E-state index contributed by atoms with van der Waals surface area (Å²) in [5.74, 6) is -0.644. The van der Waals surface area contributed by atoms with Gasteiger partial charge in [0.05, 0.1) is 6.04 Å². The number of fused-ring (bicyclic) bond motifs is 1. The van der Waals surface area contributed by atoms with Crippen LogP contribution in [0.1, 0.15) is 50.3 Å². The normalized spacial score (nSPS) is 26.1. The van der Waals surface area contributed by atoms with E-state index in [0.717, 1.165) is 29.7 Å². The number of benzene rings is 1. The first-order valence-electron chi connectivity index (χ1n) is 8.46. The molecule has 24 heavy (non-hydrogen) atoms. The zero-order valence-electron chi connectivity index (χ0n) is 14.1. The van der Waals surface area contributed by atoms with Gasteiger partial charge in [0.1, 0.15) is 12.1 Å². The summed E-state index contributed by atoms with van der Waals surface area (Å²) in [4.78, 5) is 37.7. The Morgan fingerprint density at radius 2 is 2.12 bits per heavy atom. The van der Waals surface area contributed by atoms with Crippen molar-refractivity contribution in [3.63, 3.8) is 0 Å². The Morgan fingerprint density at radius 1 is 1.38 bits per heavy atom. The van der Waals surface area contributed by atoms with Gasteiger partial charge in [0.25, 0.3) is 5.91 Å². The lowest BCUT2D eigenvalue weighted by molar-refractivity contribution is -0.134. The van der Waals surface area contributed by atoms with Gasteiger partial charge in [0, 0.05) is 0 Å². The highest BCUT2D eigenvalue weighted by Gasteiger charge is 2.47. The molecule has 2 aliphatic rings. The van der Waals surface area contributed by atoms with Crippen LogP contribution >= 0.6 is 0 Å². The van der Waals surface area contributed by atoms with Crippen LogP contribution in [0.4, 0.5) is 4.79 Å². The molecule has 1 saturated heterocycles. The van der Waals surface area contributed by atoms with Crippen molar-refractivity contribution < 1.29 is 14.4 Å². The average Bonchev–Trinajstić information content (AvgIpc) is 2.79. The average molecular weight is 329 g/mol. The molecule has 1 aliphatic carbocycles. The number of rotatable bonds is 4. The molecule has 2 atom stereocenters. The Balaban J connectivity index is 1.67. The molecule has 0 saturated carbocycles. The van der Waals surface area contributed by atoms with Gasteiger partial charge in [-0.15, -0.1) is 0 Å². The number of carbonyl (C=O) groups is 3. The van der Waals surface area contributed by atoms with Crippen LogP contribution in [0, 0.1) is 0 Å². The van der Waals surface area contributed by atoms with E-state index in [4.69, 9.17) is 0 Å². The predicted octanol–water partition coefficient (Wildman–Crippen LogP) is 1.90. The highest BCUT2D eigenvalue weighted by Crippen LogP contribution is 2.29. The van der Waals surface area contributed by atoms with Gasteiger partial charge >= 0.3 is 6.03 Å². The van der Waals surface area contributed by atoms with Crippen molar-refractivity contribution in [2.24, 2.45) is 0 Å².